The van der Waals surface area contributed by atoms with Crippen molar-refractivity contribution in [2.24, 2.45) is 0 Å². The van der Waals surface area contributed by atoms with Gasteiger partial charge in [0.2, 0.25) is 6.79 Å². The second-order valence-electron chi connectivity index (χ2n) is 5.90. The predicted molar refractivity (Wildman–Crippen MR) is 91.8 cm³/mol. The molecule has 0 saturated heterocycles. The van der Waals surface area contributed by atoms with Crippen LogP contribution in [0.3, 0.4) is 0 Å². The lowest BCUT2D eigenvalue weighted by molar-refractivity contribution is 0.174. The molecule has 0 spiro atoms. The summed E-state index contributed by atoms with van der Waals surface area (Å²) in [5.41, 5.74) is 2.49. The van der Waals surface area contributed by atoms with E-state index in [4.69, 9.17) is 9.47 Å². The second kappa shape index (κ2) is 5.94. The van der Waals surface area contributed by atoms with Crippen LogP contribution in [0.25, 0.3) is 10.8 Å². The Bertz CT molecular complexity index is 844. The largest absolute Gasteiger partial charge is 0.454 e. The maximum atomic E-state index is 5.43. The number of nitrogens with one attached hydrogen (secondary N) is 1. The van der Waals surface area contributed by atoms with E-state index in [9.17, 15) is 0 Å². The van der Waals surface area contributed by atoms with E-state index in [1.165, 1.54) is 21.9 Å². The molecule has 3 heteroatoms. The van der Waals surface area contributed by atoms with Crippen LogP contribution < -0.4 is 14.8 Å². The van der Waals surface area contributed by atoms with Crippen molar-refractivity contribution in [3.05, 3.63) is 71.8 Å². The third kappa shape index (κ3) is 2.88. The number of ether oxygens (including phenoxy) is 2. The van der Waals surface area contributed by atoms with E-state index in [0.717, 1.165) is 18.0 Å². The van der Waals surface area contributed by atoms with Gasteiger partial charge in [-0.3, -0.25) is 0 Å². The summed E-state index contributed by atoms with van der Waals surface area (Å²) in [5, 5.41) is 6.13. The molecule has 0 bridgehead atoms. The molecule has 0 radical (unpaired) electrons. The molecule has 1 aliphatic heterocycles. The Hall–Kier alpha value is -2.52. The minimum Gasteiger partial charge on any atom is -0.454 e. The van der Waals surface area contributed by atoms with Crippen molar-refractivity contribution in [1.29, 1.82) is 0 Å². The topological polar surface area (TPSA) is 30.5 Å². The van der Waals surface area contributed by atoms with Gasteiger partial charge in [-0.2, -0.15) is 0 Å². The predicted octanol–water partition coefficient (Wildman–Crippen LogP) is 4.42. The molecule has 0 aliphatic carbocycles. The Kier molecular flexibility index (Phi) is 3.64. The standard InChI is InChI=1S/C20H19NO2/c1-14(17-8-7-16-4-2-3-5-18(16)11-17)21-12-15-6-9-19-20(10-15)23-13-22-19/h2-11,14,21H,12-13H2,1H3. The number of benzene rings is 3. The smallest absolute Gasteiger partial charge is 0.231 e. The average Bonchev–Trinajstić information content (AvgIpc) is 3.07. The van der Waals surface area contributed by atoms with E-state index < -0.39 is 0 Å². The molecule has 4 rings (SSSR count). The maximum Gasteiger partial charge on any atom is 0.231 e. The van der Waals surface area contributed by atoms with Gasteiger partial charge in [-0.15, -0.1) is 0 Å². The summed E-state index contributed by atoms with van der Waals surface area (Å²) in [6.45, 7) is 3.31. The van der Waals surface area contributed by atoms with E-state index in [1.54, 1.807) is 0 Å². The molecule has 3 aromatic carbocycles. The Morgan fingerprint density at radius 3 is 2.65 bits per heavy atom. The SMILES string of the molecule is CC(NCc1ccc2c(c1)OCO2)c1ccc2ccccc2c1. The van der Waals surface area contributed by atoms with Crippen molar-refractivity contribution in [3.8, 4) is 11.5 Å². The molecule has 1 aliphatic rings. The molecule has 1 atom stereocenters. The summed E-state index contributed by atoms with van der Waals surface area (Å²) in [4.78, 5) is 0. The first-order valence-electron chi connectivity index (χ1n) is 7.90. The Balaban J connectivity index is 1.47. The third-order valence-corrected chi connectivity index (χ3v) is 4.32. The van der Waals surface area contributed by atoms with Crippen molar-refractivity contribution >= 4 is 10.8 Å². The van der Waals surface area contributed by atoms with Gasteiger partial charge in [-0.1, -0.05) is 42.5 Å². The zero-order valence-electron chi connectivity index (χ0n) is 13.1. The van der Waals surface area contributed by atoms with Crippen molar-refractivity contribution in [3.63, 3.8) is 0 Å². The maximum absolute atomic E-state index is 5.43. The molecule has 0 amide bonds. The summed E-state index contributed by atoms with van der Waals surface area (Å²) in [7, 11) is 0. The van der Waals surface area contributed by atoms with Crippen LogP contribution in [0, 0.1) is 0 Å². The van der Waals surface area contributed by atoms with Crippen molar-refractivity contribution in [2.45, 2.75) is 19.5 Å². The van der Waals surface area contributed by atoms with Gasteiger partial charge in [0.15, 0.2) is 11.5 Å². The summed E-state index contributed by atoms with van der Waals surface area (Å²) in [6.07, 6.45) is 0. The molecule has 1 unspecified atom stereocenters. The zero-order valence-corrected chi connectivity index (χ0v) is 13.1. The number of fused-ring (bicyclic) bond motifs is 2. The number of hydrogen-bond acceptors (Lipinski definition) is 3. The zero-order chi connectivity index (χ0) is 15.6. The molecule has 23 heavy (non-hydrogen) atoms. The van der Waals surface area contributed by atoms with Gasteiger partial charge in [-0.25, -0.2) is 0 Å². The lowest BCUT2D eigenvalue weighted by Gasteiger charge is -2.15. The van der Waals surface area contributed by atoms with E-state index >= 15 is 0 Å². The van der Waals surface area contributed by atoms with Crippen molar-refractivity contribution in [2.75, 3.05) is 6.79 Å². The molecule has 3 aromatic rings. The van der Waals surface area contributed by atoms with Gasteiger partial charge in [0.1, 0.15) is 0 Å². The summed E-state index contributed by atoms with van der Waals surface area (Å²) >= 11 is 0. The minimum atomic E-state index is 0.282. The van der Waals surface area contributed by atoms with Gasteiger partial charge >= 0.3 is 0 Å². The van der Waals surface area contributed by atoms with Crippen LogP contribution in [-0.2, 0) is 6.54 Å². The normalized spacial score (nSPS) is 14.1. The molecule has 0 fully saturated rings. The minimum absolute atomic E-state index is 0.282. The average molecular weight is 305 g/mol. The summed E-state index contributed by atoms with van der Waals surface area (Å²) in [6, 6.07) is 21.5. The molecule has 0 aromatic heterocycles. The Morgan fingerprint density at radius 2 is 1.74 bits per heavy atom. The highest BCUT2D eigenvalue weighted by atomic mass is 16.7. The van der Waals surface area contributed by atoms with Crippen LogP contribution in [0.1, 0.15) is 24.1 Å². The van der Waals surface area contributed by atoms with Crippen LogP contribution in [0.15, 0.2) is 60.7 Å². The van der Waals surface area contributed by atoms with Gasteiger partial charge in [-0.05, 0) is 47.0 Å². The highest BCUT2D eigenvalue weighted by Gasteiger charge is 2.13. The van der Waals surface area contributed by atoms with Crippen LogP contribution in [-0.4, -0.2) is 6.79 Å². The first kappa shape index (κ1) is 14.1. The molecule has 1 heterocycles. The fourth-order valence-electron chi connectivity index (χ4n) is 2.92. The first-order valence-corrected chi connectivity index (χ1v) is 7.90. The van der Waals surface area contributed by atoms with E-state index in [1.807, 2.05) is 12.1 Å². The van der Waals surface area contributed by atoms with Crippen molar-refractivity contribution in [1.82, 2.24) is 5.32 Å². The lowest BCUT2D eigenvalue weighted by atomic mass is 10.0. The second-order valence-corrected chi connectivity index (χ2v) is 5.90. The lowest BCUT2D eigenvalue weighted by Crippen LogP contribution is -2.18. The molecular weight excluding hydrogens is 286 g/mol. The fourth-order valence-corrected chi connectivity index (χ4v) is 2.92. The van der Waals surface area contributed by atoms with E-state index in [0.29, 0.717) is 6.79 Å². The number of rotatable bonds is 4. The monoisotopic (exact) mass is 305 g/mol. The van der Waals surface area contributed by atoms with Crippen LogP contribution in [0.2, 0.25) is 0 Å². The summed E-state index contributed by atoms with van der Waals surface area (Å²) in [5.74, 6) is 1.67. The fraction of sp³-hybridized carbons (Fsp3) is 0.200. The van der Waals surface area contributed by atoms with Gasteiger partial charge in [0.25, 0.3) is 0 Å². The van der Waals surface area contributed by atoms with Gasteiger partial charge in [0, 0.05) is 12.6 Å². The van der Waals surface area contributed by atoms with Crippen LogP contribution >= 0.6 is 0 Å². The Morgan fingerprint density at radius 1 is 0.913 bits per heavy atom. The molecule has 116 valence electrons. The van der Waals surface area contributed by atoms with Crippen molar-refractivity contribution < 1.29 is 9.47 Å². The van der Waals surface area contributed by atoms with E-state index in [-0.39, 0.29) is 6.04 Å². The van der Waals surface area contributed by atoms with Crippen LogP contribution in [0.5, 0.6) is 11.5 Å². The number of hydrogen-bond donors (Lipinski definition) is 1. The Labute approximate surface area is 135 Å². The van der Waals surface area contributed by atoms with E-state index in [2.05, 4.69) is 60.8 Å². The quantitative estimate of drug-likeness (QED) is 0.774. The molecule has 1 N–H and O–H groups in total. The molecule has 0 saturated carbocycles. The first-order chi connectivity index (χ1) is 11.3. The highest BCUT2D eigenvalue weighted by Crippen LogP contribution is 2.32. The van der Waals surface area contributed by atoms with Crippen LogP contribution in [0.4, 0.5) is 0 Å². The van der Waals surface area contributed by atoms with Gasteiger partial charge < -0.3 is 14.8 Å². The molecule has 3 nitrogen and oxygen atoms in total. The van der Waals surface area contributed by atoms with Gasteiger partial charge in [0.05, 0.1) is 0 Å². The third-order valence-electron chi connectivity index (χ3n) is 4.32. The molecular formula is C20H19NO2. The highest BCUT2D eigenvalue weighted by molar-refractivity contribution is 5.83. The summed E-state index contributed by atoms with van der Waals surface area (Å²) < 4.78 is 10.8.